The van der Waals surface area contributed by atoms with Gasteiger partial charge in [-0.05, 0) is 33.2 Å². The van der Waals surface area contributed by atoms with Crippen molar-refractivity contribution in [3.8, 4) is 0 Å². The molecule has 1 aromatic heterocycles. The highest BCUT2D eigenvalue weighted by Gasteiger charge is 2.19. The van der Waals surface area contributed by atoms with Crippen molar-refractivity contribution in [3.63, 3.8) is 0 Å². The number of β-amino-alcohol motifs (C(OH)–C–C–N with tert-alkyl or cyclic N) is 1. The summed E-state index contributed by atoms with van der Waals surface area (Å²) in [4.78, 5) is 2.30. The number of piperidine rings is 1. The van der Waals surface area contributed by atoms with Crippen LogP contribution in [0.2, 0.25) is 0 Å². The Balaban J connectivity index is 2.02. The molecule has 4 nitrogen and oxygen atoms in total. The summed E-state index contributed by atoms with van der Waals surface area (Å²) in [6.45, 7) is 6.87. The van der Waals surface area contributed by atoms with Crippen LogP contribution in [-0.4, -0.2) is 39.4 Å². The van der Waals surface area contributed by atoms with E-state index in [9.17, 15) is 5.11 Å². The normalized spacial score (nSPS) is 23.3. The lowest BCUT2D eigenvalue weighted by atomic mass is 10.1. The molecule has 4 heteroatoms. The van der Waals surface area contributed by atoms with Gasteiger partial charge in [0, 0.05) is 24.3 Å². The van der Waals surface area contributed by atoms with Gasteiger partial charge in [0.05, 0.1) is 11.8 Å². The second-order valence-electron chi connectivity index (χ2n) is 4.44. The van der Waals surface area contributed by atoms with E-state index >= 15 is 0 Å². The minimum absolute atomic E-state index is 0.147. The number of aromatic nitrogens is 2. The molecule has 1 fully saturated rings. The minimum Gasteiger partial charge on any atom is -0.392 e. The van der Waals surface area contributed by atoms with Crippen LogP contribution >= 0.6 is 0 Å². The van der Waals surface area contributed by atoms with Crippen LogP contribution in [0.4, 0.5) is 0 Å². The highest BCUT2D eigenvalue weighted by atomic mass is 16.3. The van der Waals surface area contributed by atoms with Crippen LogP contribution in [0.1, 0.15) is 29.8 Å². The van der Waals surface area contributed by atoms with Crippen molar-refractivity contribution < 1.29 is 5.11 Å². The number of hydrogen-bond acceptors (Lipinski definition) is 3. The summed E-state index contributed by atoms with van der Waals surface area (Å²) in [5, 5.41) is 16.8. The monoisotopic (exact) mass is 209 g/mol. The molecule has 0 aromatic carbocycles. The summed E-state index contributed by atoms with van der Waals surface area (Å²) in [5.74, 6) is 0. The molecular formula is C11H19N3O. The molecule has 2 heterocycles. The van der Waals surface area contributed by atoms with Gasteiger partial charge in [-0.2, -0.15) is 5.10 Å². The molecule has 15 heavy (non-hydrogen) atoms. The van der Waals surface area contributed by atoms with Crippen LogP contribution in [-0.2, 0) is 6.54 Å². The molecule has 2 N–H and O–H groups in total. The molecule has 2 rings (SSSR count). The van der Waals surface area contributed by atoms with E-state index in [1.165, 1.54) is 5.56 Å². The van der Waals surface area contributed by atoms with Gasteiger partial charge >= 0.3 is 0 Å². The number of likely N-dealkylation sites (tertiary alicyclic amines) is 1. The molecule has 84 valence electrons. The van der Waals surface area contributed by atoms with Crippen LogP contribution < -0.4 is 0 Å². The maximum Gasteiger partial charge on any atom is 0.0667 e. The summed E-state index contributed by atoms with van der Waals surface area (Å²) in [5.41, 5.74) is 3.50. The van der Waals surface area contributed by atoms with Gasteiger partial charge in [0.15, 0.2) is 0 Å². The van der Waals surface area contributed by atoms with Gasteiger partial charge in [0.25, 0.3) is 0 Å². The van der Waals surface area contributed by atoms with Crippen molar-refractivity contribution in [1.29, 1.82) is 0 Å². The van der Waals surface area contributed by atoms with Crippen LogP contribution in [0.3, 0.4) is 0 Å². The van der Waals surface area contributed by atoms with Gasteiger partial charge in [0.2, 0.25) is 0 Å². The molecule has 1 saturated heterocycles. The van der Waals surface area contributed by atoms with Crippen molar-refractivity contribution in [1.82, 2.24) is 15.1 Å². The fourth-order valence-electron chi connectivity index (χ4n) is 2.21. The van der Waals surface area contributed by atoms with Crippen LogP contribution in [0.15, 0.2) is 0 Å². The van der Waals surface area contributed by atoms with Crippen molar-refractivity contribution in [2.24, 2.45) is 0 Å². The predicted octanol–water partition coefficient (Wildman–Crippen LogP) is 0.983. The fourth-order valence-corrected chi connectivity index (χ4v) is 2.21. The molecule has 0 spiro atoms. The maximum absolute atomic E-state index is 9.58. The van der Waals surface area contributed by atoms with E-state index in [0.717, 1.165) is 43.9 Å². The largest absolute Gasteiger partial charge is 0.392 e. The second-order valence-corrected chi connectivity index (χ2v) is 4.44. The molecule has 0 radical (unpaired) electrons. The minimum atomic E-state index is -0.147. The Labute approximate surface area is 90.3 Å². The van der Waals surface area contributed by atoms with E-state index in [2.05, 4.69) is 22.0 Å². The standard InChI is InChI=1S/C11H19N3O/c1-8-11(9(2)13-12-8)7-14-5-3-4-10(15)6-14/h10,15H,3-7H2,1-2H3,(H,12,13). The smallest absolute Gasteiger partial charge is 0.0667 e. The SMILES string of the molecule is Cc1n[nH]c(C)c1CN1CCCC(O)C1. The van der Waals surface area contributed by atoms with Crippen LogP contribution in [0.5, 0.6) is 0 Å². The number of nitrogens with zero attached hydrogens (tertiary/aromatic N) is 2. The van der Waals surface area contributed by atoms with Crippen LogP contribution in [0.25, 0.3) is 0 Å². The van der Waals surface area contributed by atoms with Crippen LogP contribution in [0, 0.1) is 13.8 Å². The van der Waals surface area contributed by atoms with E-state index in [1.54, 1.807) is 0 Å². The number of nitrogens with one attached hydrogen (secondary N) is 1. The third-order valence-corrected chi connectivity index (χ3v) is 3.14. The lowest BCUT2D eigenvalue weighted by Gasteiger charge is -2.29. The van der Waals surface area contributed by atoms with E-state index in [-0.39, 0.29) is 6.10 Å². The molecule has 1 aromatic rings. The zero-order valence-electron chi connectivity index (χ0n) is 9.45. The second kappa shape index (κ2) is 4.33. The molecule has 1 aliphatic rings. The van der Waals surface area contributed by atoms with Gasteiger partial charge in [-0.25, -0.2) is 0 Å². The van der Waals surface area contributed by atoms with Gasteiger partial charge in [0.1, 0.15) is 0 Å². The highest BCUT2D eigenvalue weighted by molar-refractivity contribution is 5.22. The number of hydrogen-bond donors (Lipinski definition) is 2. The first kappa shape index (κ1) is 10.6. The lowest BCUT2D eigenvalue weighted by Crippen LogP contribution is -2.37. The molecular weight excluding hydrogens is 190 g/mol. The topological polar surface area (TPSA) is 52.2 Å². The van der Waals surface area contributed by atoms with Gasteiger partial charge in [-0.15, -0.1) is 0 Å². The summed E-state index contributed by atoms with van der Waals surface area (Å²) >= 11 is 0. The zero-order valence-corrected chi connectivity index (χ0v) is 9.45. The first-order valence-corrected chi connectivity index (χ1v) is 5.57. The van der Waals surface area contributed by atoms with Crippen molar-refractivity contribution in [2.45, 2.75) is 39.3 Å². The number of aliphatic hydroxyl groups is 1. The summed E-state index contributed by atoms with van der Waals surface area (Å²) in [7, 11) is 0. The summed E-state index contributed by atoms with van der Waals surface area (Å²) in [6, 6.07) is 0. The Kier molecular flexibility index (Phi) is 3.07. The van der Waals surface area contributed by atoms with E-state index in [4.69, 9.17) is 0 Å². The Morgan fingerprint density at radius 3 is 2.93 bits per heavy atom. The molecule has 1 atom stereocenters. The molecule has 1 aliphatic heterocycles. The first-order valence-electron chi connectivity index (χ1n) is 5.57. The Morgan fingerprint density at radius 1 is 1.53 bits per heavy atom. The predicted molar refractivity (Wildman–Crippen MR) is 58.6 cm³/mol. The number of aromatic amines is 1. The lowest BCUT2D eigenvalue weighted by molar-refractivity contribution is 0.0666. The molecule has 0 saturated carbocycles. The number of H-pyrrole nitrogens is 1. The number of aliphatic hydroxyl groups excluding tert-OH is 1. The Bertz CT molecular complexity index is 315. The van der Waals surface area contributed by atoms with Gasteiger partial charge in [-0.1, -0.05) is 0 Å². The van der Waals surface area contributed by atoms with Gasteiger partial charge in [-0.3, -0.25) is 10.00 Å². The quantitative estimate of drug-likeness (QED) is 0.763. The Hall–Kier alpha value is -0.870. The third-order valence-electron chi connectivity index (χ3n) is 3.14. The third kappa shape index (κ3) is 2.38. The Morgan fingerprint density at radius 2 is 2.33 bits per heavy atom. The van der Waals surface area contributed by atoms with E-state index in [1.807, 2.05) is 6.92 Å². The average molecular weight is 209 g/mol. The van der Waals surface area contributed by atoms with E-state index in [0.29, 0.717) is 0 Å². The number of aryl methyl sites for hydroxylation is 2. The molecule has 0 bridgehead atoms. The summed E-state index contributed by atoms with van der Waals surface area (Å²) < 4.78 is 0. The highest BCUT2D eigenvalue weighted by Crippen LogP contribution is 2.16. The van der Waals surface area contributed by atoms with Crippen molar-refractivity contribution in [3.05, 3.63) is 17.0 Å². The molecule has 0 aliphatic carbocycles. The van der Waals surface area contributed by atoms with E-state index < -0.39 is 0 Å². The maximum atomic E-state index is 9.58. The average Bonchev–Trinajstić information content (AvgIpc) is 2.50. The van der Waals surface area contributed by atoms with Gasteiger partial charge < -0.3 is 5.11 Å². The van der Waals surface area contributed by atoms with Crippen molar-refractivity contribution in [2.75, 3.05) is 13.1 Å². The first-order chi connectivity index (χ1) is 7.16. The molecule has 0 amide bonds. The number of rotatable bonds is 2. The van der Waals surface area contributed by atoms with Crippen molar-refractivity contribution >= 4 is 0 Å². The molecule has 1 unspecified atom stereocenters. The fraction of sp³-hybridized carbons (Fsp3) is 0.727. The zero-order chi connectivity index (χ0) is 10.8. The summed E-state index contributed by atoms with van der Waals surface area (Å²) in [6.07, 6.45) is 1.89.